The summed E-state index contributed by atoms with van der Waals surface area (Å²) in [7, 11) is 1.31. The molecule has 0 radical (unpaired) electrons. The fraction of sp³-hybridized carbons (Fsp3) is 0.467. The predicted octanol–water partition coefficient (Wildman–Crippen LogP) is 1.55. The van der Waals surface area contributed by atoms with Crippen LogP contribution < -0.4 is 10.6 Å². The molecule has 23 heavy (non-hydrogen) atoms. The van der Waals surface area contributed by atoms with Gasteiger partial charge in [0.25, 0.3) is 5.92 Å². The number of hydrogen-bond donors (Lipinski definition) is 2. The first-order chi connectivity index (χ1) is 10.4. The van der Waals surface area contributed by atoms with Gasteiger partial charge < -0.3 is 10.1 Å². The second-order valence-electron chi connectivity index (χ2n) is 5.23. The van der Waals surface area contributed by atoms with E-state index in [1.54, 1.807) is 18.2 Å². The smallest absolute Gasteiger partial charge is 0.337 e. The van der Waals surface area contributed by atoms with E-state index >= 15 is 0 Å². The number of carbonyl (C=O) groups excluding carboxylic acids is 2. The first kappa shape index (κ1) is 19.3. The van der Waals surface area contributed by atoms with E-state index in [4.69, 9.17) is 0 Å². The molecule has 0 saturated carbocycles. The van der Waals surface area contributed by atoms with Crippen LogP contribution in [-0.4, -0.2) is 44.0 Å². The molecule has 1 amide bonds. The maximum Gasteiger partial charge on any atom is 0.337 e. The SMILES string of the molecule is COC(=O)c1cccc(CCNC(=O)C2CC(F)(F)CN2)c1.Cl. The second-order valence-corrected chi connectivity index (χ2v) is 5.23. The summed E-state index contributed by atoms with van der Waals surface area (Å²) >= 11 is 0. The van der Waals surface area contributed by atoms with Gasteiger partial charge in [-0.1, -0.05) is 12.1 Å². The van der Waals surface area contributed by atoms with Gasteiger partial charge in [0, 0.05) is 13.0 Å². The number of benzene rings is 1. The van der Waals surface area contributed by atoms with Crippen molar-refractivity contribution < 1.29 is 23.1 Å². The van der Waals surface area contributed by atoms with Crippen molar-refractivity contribution in [2.24, 2.45) is 0 Å². The van der Waals surface area contributed by atoms with Crippen LogP contribution in [0.4, 0.5) is 8.78 Å². The molecule has 1 fully saturated rings. The molecule has 128 valence electrons. The maximum absolute atomic E-state index is 13.0. The fourth-order valence-corrected chi connectivity index (χ4v) is 2.33. The van der Waals surface area contributed by atoms with Crippen LogP contribution in [-0.2, 0) is 16.0 Å². The third-order valence-corrected chi connectivity index (χ3v) is 3.49. The topological polar surface area (TPSA) is 67.4 Å². The van der Waals surface area contributed by atoms with Crippen LogP contribution in [0.5, 0.6) is 0 Å². The summed E-state index contributed by atoms with van der Waals surface area (Å²) in [4.78, 5) is 23.2. The Kier molecular flexibility index (Phi) is 6.90. The number of nitrogens with one attached hydrogen (secondary N) is 2. The minimum Gasteiger partial charge on any atom is -0.465 e. The summed E-state index contributed by atoms with van der Waals surface area (Å²) in [6, 6.07) is 6.01. The van der Waals surface area contributed by atoms with Crippen LogP contribution in [0, 0.1) is 0 Å². The number of rotatable bonds is 5. The molecule has 0 spiro atoms. The van der Waals surface area contributed by atoms with Gasteiger partial charge >= 0.3 is 5.97 Å². The molecule has 1 aromatic rings. The molecule has 1 aromatic carbocycles. The molecular formula is C15H19ClF2N2O3. The predicted molar refractivity (Wildman–Crippen MR) is 83.1 cm³/mol. The molecule has 0 aromatic heterocycles. The Morgan fingerprint density at radius 2 is 2.17 bits per heavy atom. The van der Waals surface area contributed by atoms with E-state index in [1.807, 2.05) is 6.07 Å². The largest absolute Gasteiger partial charge is 0.465 e. The van der Waals surface area contributed by atoms with Gasteiger partial charge in [-0.3, -0.25) is 10.1 Å². The number of alkyl halides is 2. The molecule has 1 heterocycles. The zero-order valence-corrected chi connectivity index (χ0v) is 13.4. The van der Waals surface area contributed by atoms with Crippen LogP contribution in [0.3, 0.4) is 0 Å². The van der Waals surface area contributed by atoms with Crippen molar-refractivity contribution in [1.82, 2.24) is 10.6 Å². The van der Waals surface area contributed by atoms with E-state index in [0.717, 1.165) is 5.56 Å². The van der Waals surface area contributed by atoms with Gasteiger partial charge in [0.1, 0.15) is 0 Å². The van der Waals surface area contributed by atoms with E-state index in [9.17, 15) is 18.4 Å². The van der Waals surface area contributed by atoms with Gasteiger partial charge in [-0.05, 0) is 24.1 Å². The molecule has 0 aliphatic carbocycles. The van der Waals surface area contributed by atoms with Crippen molar-refractivity contribution in [3.63, 3.8) is 0 Å². The van der Waals surface area contributed by atoms with E-state index in [-0.39, 0.29) is 12.4 Å². The summed E-state index contributed by atoms with van der Waals surface area (Å²) in [5.41, 5.74) is 1.29. The lowest BCUT2D eigenvalue weighted by Crippen LogP contribution is -2.41. The van der Waals surface area contributed by atoms with E-state index in [0.29, 0.717) is 18.5 Å². The number of esters is 1. The summed E-state index contributed by atoms with van der Waals surface area (Å²) < 4.78 is 30.7. The first-order valence-electron chi connectivity index (χ1n) is 6.97. The molecule has 1 aliphatic heterocycles. The van der Waals surface area contributed by atoms with Gasteiger partial charge in [0.15, 0.2) is 0 Å². The lowest BCUT2D eigenvalue weighted by atomic mass is 10.1. The van der Waals surface area contributed by atoms with Crippen LogP contribution in [0.25, 0.3) is 0 Å². The Morgan fingerprint density at radius 3 is 2.78 bits per heavy atom. The molecule has 0 bridgehead atoms. The maximum atomic E-state index is 13.0. The number of methoxy groups -OCH3 is 1. The Bertz CT molecular complexity index is 569. The number of hydrogen-bond acceptors (Lipinski definition) is 4. The van der Waals surface area contributed by atoms with E-state index in [2.05, 4.69) is 15.4 Å². The van der Waals surface area contributed by atoms with Crippen LogP contribution in [0.2, 0.25) is 0 Å². The van der Waals surface area contributed by atoms with Crippen LogP contribution >= 0.6 is 12.4 Å². The van der Waals surface area contributed by atoms with Crippen molar-refractivity contribution in [3.8, 4) is 0 Å². The van der Waals surface area contributed by atoms with Gasteiger partial charge in [-0.25, -0.2) is 13.6 Å². The Labute approximate surface area is 139 Å². The van der Waals surface area contributed by atoms with Gasteiger partial charge in [-0.2, -0.15) is 0 Å². The average Bonchev–Trinajstić information content (AvgIpc) is 2.87. The minimum atomic E-state index is -2.82. The van der Waals surface area contributed by atoms with Crippen molar-refractivity contribution in [2.75, 3.05) is 20.2 Å². The molecule has 8 heteroatoms. The zero-order valence-electron chi connectivity index (χ0n) is 12.6. The highest BCUT2D eigenvalue weighted by atomic mass is 35.5. The second kappa shape index (κ2) is 8.21. The molecular weight excluding hydrogens is 330 g/mol. The molecule has 1 unspecified atom stereocenters. The average molecular weight is 349 g/mol. The molecule has 1 saturated heterocycles. The molecule has 5 nitrogen and oxygen atoms in total. The van der Waals surface area contributed by atoms with Crippen molar-refractivity contribution in [3.05, 3.63) is 35.4 Å². The normalized spacial score (nSPS) is 18.8. The molecule has 2 rings (SSSR count). The van der Waals surface area contributed by atoms with Crippen LogP contribution in [0.1, 0.15) is 22.3 Å². The molecule has 1 atom stereocenters. The lowest BCUT2D eigenvalue weighted by molar-refractivity contribution is -0.123. The number of halogens is 3. The van der Waals surface area contributed by atoms with Crippen molar-refractivity contribution in [2.45, 2.75) is 24.8 Å². The lowest BCUT2D eigenvalue weighted by Gasteiger charge is -2.11. The third kappa shape index (κ3) is 5.44. The Balaban J connectivity index is 0.00000264. The monoisotopic (exact) mass is 348 g/mol. The van der Waals surface area contributed by atoms with E-state index in [1.165, 1.54) is 7.11 Å². The standard InChI is InChI=1S/C15H18F2N2O3.ClH/c1-22-14(21)11-4-2-3-10(7-11)5-6-18-13(20)12-8-15(16,17)9-19-12;/h2-4,7,12,19H,5-6,8-9H2,1H3,(H,18,20);1H. The highest BCUT2D eigenvalue weighted by Crippen LogP contribution is 2.24. The van der Waals surface area contributed by atoms with Gasteiger partial charge in [0.2, 0.25) is 5.91 Å². The number of amides is 1. The van der Waals surface area contributed by atoms with Crippen molar-refractivity contribution in [1.29, 1.82) is 0 Å². The van der Waals surface area contributed by atoms with Crippen molar-refractivity contribution >= 4 is 24.3 Å². The highest BCUT2D eigenvalue weighted by Gasteiger charge is 2.42. The zero-order chi connectivity index (χ0) is 16.2. The van der Waals surface area contributed by atoms with Crippen LogP contribution in [0.15, 0.2) is 24.3 Å². The summed E-state index contributed by atoms with van der Waals surface area (Å²) in [6.07, 6.45) is 0.0242. The van der Waals surface area contributed by atoms with Gasteiger partial charge in [0.05, 0.1) is 25.3 Å². The van der Waals surface area contributed by atoms with Gasteiger partial charge in [-0.15, -0.1) is 12.4 Å². The summed E-state index contributed by atoms with van der Waals surface area (Å²) in [5.74, 6) is -3.68. The van der Waals surface area contributed by atoms with E-state index < -0.39 is 36.8 Å². The number of ether oxygens (including phenoxy) is 1. The molecule has 2 N–H and O–H groups in total. The number of carbonyl (C=O) groups is 2. The quantitative estimate of drug-likeness (QED) is 0.792. The highest BCUT2D eigenvalue weighted by molar-refractivity contribution is 5.89. The third-order valence-electron chi connectivity index (χ3n) is 3.49. The summed E-state index contributed by atoms with van der Waals surface area (Å²) in [6.45, 7) is -0.153. The Morgan fingerprint density at radius 1 is 1.43 bits per heavy atom. The minimum absolute atomic E-state index is 0. The first-order valence-corrected chi connectivity index (χ1v) is 6.97. The fourth-order valence-electron chi connectivity index (χ4n) is 2.33. The summed E-state index contributed by atoms with van der Waals surface area (Å²) in [5, 5.41) is 5.13. The Hall–Kier alpha value is -1.73. The molecule has 1 aliphatic rings.